The first kappa shape index (κ1) is 19.6. The van der Waals surface area contributed by atoms with Crippen molar-refractivity contribution in [3.63, 3.8) is 0 Å². The number of morpholine rings is 1. The number of carboxylic acid groups (broad SMARTS) is 1. The minimum atomic E-state index is -1.17. The zero-order valence-electron chi connectivity index (χ0n) is 16.4. The summed E-state index contributed by atoms with van der Waals surface area (Å²) in [5, 5.41) is 9.80. The quantitative estimate of drug-likeness (QED) is 0.788. The third-order valence-corrected chi connectivity index (χ3v) is 5.50. The Kier molecular flexibility index (Phi) is 5.92. The SMILES string of the molecule is O=C(O)C1(Oc2ccccc2)CCN(Cc2cnc(N3CCOCC3)nc2)CC1. The first-order chi connectivity index (χ1) is 14.1. The van der Waals surface area contributed by atoms with E-state index in [1.807, 2.05) is 30.6 Å². The van der Waals surface area contributed by atoms with Crippen LogP contribution in [0.4, 0.5) is 5.95 Å². The average molecular weight is 398 g/mol. The fourth-order valence-corrected chi connectivity index (χ4v) is 3.76. The van der Waals surface area contributed by atoms with E-state index in [0.717, 1.165) is 24.6 Å². The first-order valence-corrected chi connectivity index (χ1v) is 9.98. The van der Waals surface area contributed by atoms with Crippen molar-refractivity contribution in [1.29, 1.82) is 0 Å². The van der Waals surface area contributed by atoms with Gasteiger partial charge in [-0.05, 0) is 12.1 Å². The summed E-state index contributed by atoms with van der Waals surface area (Å²) in [4.78, 5) is 25.3. The first-order valence-electron chi connectivity index (χ1n) is 9.98. The van der Waals surface area contributed by atoms with Crippen LogP contribution >= 0.6 is 0 Å². The molecule has 0 radical (unpaired) electrons. The maximum Gasteiger partial charge on any atom is 0.348 e. The molecule has 0 saturated carbocycles. The van der Waals surface area contributed by atoms with Gasteiger partial charge in [0.1, 0.15) is 5.75 Å². The summed E-state index contributed by atoms with van der Waals surface area (Å²) in [5.41, 5.74) is -0.150. The smallest absolute Gasteiger partial charge is 0.348 e. The zero-order valence-corrected chi connectivity index (χ0v) is 16.4. The van der Waals surface area contributed by atoms with Crippen molar-refractivity contribution in [2.75, 3.05) is 44.3 Å². The van der Waals surface area contributed by atoms with Gasteiger partial charge < -0.3 is 19.5 Å². The lowest BCUT2D eigenvalue weighted by molar-refractivity contribution is -0.159. The number of anilines is 1. The molecule has 0 bridgehead atoms. The van der Waals surface area contributed by atoms with E-state index in [9.17, 15) is 9.90 Å². The summed E-state index contributed by atoms with van der Waals surface area (Å²) in [6.07, 6.45) is 4.59. The lowest BCUT2D eigenvalue weighted by Crippen LogP contribution is -2.53. The summed E-state index contributed by atoms with van der Waals surface area (Å²) >= 11 is 0. The van der Waals surface area contributed by atoms with Crippen LogP contribution in [-0.2, 0) is 16.1 Å². The van der Waals surface area contributed by atoms with Crippen molar-refractivity contribution in [3.8, 4) is 5.75 Å². The van der Waals surface area contributed by atoms with Crippen molar-refractivity contribution in [1.82, 2.24) is 14.9 Å². The molecule has 8 nitrogen and oxygen atoms in total. The summed E-state index contributed by atoms with van der Waals surface area (Å²) < 4.78 is 11.3. The number of carboxylic acids is 1. The molecular weight excluding hydrogens is 372 g/mol. The molecule has 0 atom stereocenters. The van der Waals surface area contributed by atoms with E-state index in [1.165, 1.54) is 0 Å². The van der Waals surface area contributed by atoms with Gasteiger partial charge in [-0.15, -0.1) is 0 Å². The Morgan fingerprint density at radius 2 is 1.72 bits per heavy atom. The van der Waals surface area contributed by atoms with Crippen LogP contribution in [0.15, 0.2) is 42.7 Å². The lowest BCUT2D eigenvalue weighted by atomic mass is 9.91. The molecule has 29 heavy (non-hydrogen) atoms. The standard InChI is InChI=1S/C21H26N4O4/c26-19(27)21(29-18-4-2-1-3-5-18)6-8-24(9-7-21)16-17-14-22-20(23-15-17)25-10-12-28-13-11-25/h1-5,14-15H,6-13,16H2,(H,26,27). The highest BCUT2D eigenvalue weighted by molar-refractivity contribution is 5.78. The summed E-state index contributed by atoms with van der Waals surface area (Å²) in [7, 11) is 0. The van der Waals surface area contributed by atoms with Gasteiger partial charge in [0.05, 0.1) is 13.2 Å². The van der Waals surface area contributed by atoms with Gasteiger partial charge in [0.2, 0.25) is 11.5 Å². The van der Waals surface area contributed by atoms with Crippen LogP contribution in [0.25, 0.3) is 0 Å². The van der Waals surface area contributed by atoms with E-state index in [1.54, 1.807) is 12.1 Å². The number of benzene rings is 1. The van der Waals surface area contributed by atoms with Crippen molar-refractivity contribution in [2.45, 2.75) is 25.0 Å². The Labute approximate surface area is 170 Å². The number of ether oxygens (including phenoxy) is 2. The minimum Gasteiger partial charge on any atom is -0.478 e. The van der Waals surface area contributed by atoms with Crippen molar-refractivity contribution >= 4 is 11.9 Å². The van der Waals surface area contributed by atoms with Crippen LogP contribution in [0.1, 0.15) is 18.4 Å². The predicted molar refractivity (Wildman–Crippen MR) is 107 cm³/mol. The van der Waals surface area contributed by atoms with Crippen molar-refractivity contribution in [2.24, 2.45) is 0 Å². The molecule has 154 valence electrons. The highest BCUT2D eigenvalue weighted by Crippen LogP contribution is 2.30. The van der Waals surface area contributed by atoms with Crippen molar-refractivity contribution in [3.05, 3.63) is 48.3 Å². The van der Waals surface area contributed by atoms with E-state index < -0.39 is 11.6 Å². The number of hydrogen-bond donors (Lipinski definition) is 1. The van der Waals surface area contributed by atoms with Crippen LogP contribution in [0.5, 0.6) is 5.75 Å². The highest BCUT2D eigenvalue weighted by atomic mass is 16.5. The Balaban J connectivity index is 1.34. The molecule has 2 aromatic rings. The zero-order chi connectivity index (χ0) is 20.1. The number of nitrogens with zero attached hydrogens (tertiary/aromatic N) is 4. The van der Waals surface area contributed by atoms with Gasteiger partial charge in [-0.1, -0.05) is 18.2 Å². The Morgan fingerprint density at radius 1 is 1.07 bits per heavy atom. The summed E-state index contributed by atoms with van der Waals surface area (Å²) in [5.74, 6) is 0.423. The largest absolute Gasteiger partial charge is 0.478 e. The van der Waals surface area contributed by atoms with Crippen LogP contribution in [0.3, 0.4) is 0 Å². The van der Waals surface area contributed by atoms with Gasteiger partial charge in [0, 0.05) is 63.5 Å². The predicted octanol–water partition coefficient (Wildman–Crippen LogP) is 1.81. The molecule has 0 aliphatic carbocycles. The second-order valence-electron chi connectivity index (χ2n) is 7.48. The third-order valence-electron chi connectivity index (χ3n) is 5.50. The second kappa shape index (κ2) is 8.75. The van der Waals surface area contributed by atoms with E-state index in [-0.39, 0.29) is 0 Å². The van der Waals surface area contributed by atoms with Crippen LogP contribution in [-0.4, -0.2) is 70.9 Å². The van der Waals surface area contributed by atoms with E-state index in [4.69, 9.17) is 9.47 Å². The molecule has 1 aromatic carbocycles. The fraction of sp³-hybridized carbons (Fsp3) is 0.476. The maximum atomic E-state index is 12.0. The molecule has 0 unspecified atom stereocenters. The van der Waals surface area contributed by atoms with Gasteiger partial charge in [0.25, 0.3) is 0 Å². The van der Waals surface area contributed by atoms with Gasteiger partial charge in [-0.2, -0.15) is 0 Å². The van der Waals surface area contributed by atoms with E-state index in [2.05, 4.69) is 19.8 Å². The van der Waals surface area contributed by atoms with E-state index in [0.29, 0.717) is 51.4 Å². The molecule has 2 aliphatic rings. The molecule has 3 heterocycles. The van der Waals surface area contributed by atoms with Gasteiger partial charge in [0.15, 0.2) is 0 Å². The van der Waals surface area contributed by atoms with Crippen molar-refractivity contribution < 1.29 is 19.4 Å². The third kappa shape index (κ3) is 4.65. The Bertz CT molecular complexity index is 801. The van der Waals surface area contributed by atoms with Crippen LogP contribution in [0.2, 0.25) is 0 Å². The molecule has 2 aliphatic heterocycles. The van der Waals surface area contributed by atoms with Gasteiger partial charge >= 0.3 is 5.97 Å². The maximum absolute atomic E-state index is 12.0. The minimum absolute atomic E-state index is 0.434. The molecule has 4 rings (SSSR count). The van der Waals surface area contributed by atoms with Gasteiger partial charge in [-0.25, -0.2) is 14.8 Å². The number of para-hydroxylation sites is 1. The van der Waals surface area contributed by atoms with E-state index >= 15 is 0 Å². The molecule has 1 N–H and O–H groups in total. The monoisotopic (exact) mass is 398 g/mol. The van der Waals surface area contributed by atoms with Crippen LogP contribution < -0.4 is 9.64 Å². The van der Waals surface area contributed by atoms with Crippen LogP contribution in [0, 0.1) is 0 Å². The molecule has 0 spiro atoms. The number of rotatable bonds is 6. The number of carbonyl (C=O) groups is 1. The van der Waals surface area contributed by atoms with Gasteiger partial charge in [-0.3, -0.25) is 4.90 Å². The Hall–Kier alpha value is -2.71. The normalized spacial score (nSPS) is 19.7. The molecular formula is C21H26N4O4. The molecule has 2 fully saturated rings. The lowest BCUT2D eigenvalue weighted by Gasteiger charge is -2.38. The molecule has 1 aromatic heterocycles. The highest BCUT2D eigenvalue weighted by Gasteiger charge is 2.44. The Morgan fingerprint density at radius 3 is 2.34 bits per heavy atom. The number of aromatic nitrogens is 2. The number of hydrogen-bond acceptors (Lipinski definition) is 7. The molecule has 0 amide bonds. The number of aliphatic carboxylic acids is 1. The molecule has 8 heteroatoms. The fourth-order valence-electron chi connectivity index (χ4n) is 3.76. The molecule has 2 saturated heterocycles. The summed E-state index contributed by atoms with van der Waals surface area (Å²) in [6.45, 7) is 5.01. The summed E-state index contributed by atoms with van der Waals surface area (Å²) in [6, 6.07) is 9.17. The second-order valence-corrected chi connectivity index (χ2v) is 7.48. The number of likely N-dealkylation sites (tertiary alicyclic amines) is 1. The number of piperidine rings is 1. The average Bonchev–Trinajstić information content (AvgIpc) is 2.77. The topological polar surface area (TPSA) is 88.0 Å².